The van der Waals surface area contributed by atoms with Crippen molar-refractivity contribution >= 4 is 26.7 Å². The van der Waals surface area contributed by atoms with E-state index in [-0.39, 0.29) is 4.90 Å². The van der Waals surface area contributed by atoms with Gasteiger partial charge in [-0.1, -0.05) is 18.2 Å². The topological polar surface area (TPSA) is 89.5 Å². The van der Waals surface area contributed by atoms with Crippen LogP contribution in [-0.4, -0.2) is 59.6 Å². The Morgan fingerprint density at radius 3 is 2.57 bits per heavy atom. The minimum Gasteiger partial charge on any atom is -0.386 e. The molecule has 0 radical (unpaired) electrons. The molecule has 2 N–H and O–H groups in total. The van der Waals surface area contributed by atoms with Gasteiger partial charge in [-0.2, -0.15) is 4.31 Å². The number of para-hydroxylation sites is 1. The Morgan fingerprint density at radius 2 is 1.93 bits per heavy atom. The van der Waals surface area contributed by atoms with Gasteiger partial charge < -0.3 is 15.0 Å². The zero-order valence-electron chi connectivity index (χ0n) is 15.6. The van der Waals surface area contributed by atoms with Crippen LogP contribution in [0.3, 0.4) is 0 Å². The Labute approximate surface area is 163 Å². The number of aromatic amines is 1. The van der Waals surface area contributed by atoms with Crippen molar-refractivity contribution in [1.82, 2.24) is 14.3 Å². The highest BCUT2D eigenvalue weighted by molar-refractivity contribution is 7.89. The molecule has 4 heterocycles. The summed E-state index contributed by atoms with van der Waals surface area (Å²) in [5.41, 5.74) is 1.78. The highest BCUT2D eigenvalue weighted by Gasteiger charge is 2.39. The van der Waals surface area contributed by atoms with Crippen LogP contribution in [-0.2, 0) is 10.0 Å². The number of rotatable bonds is 4. The van der Waals surface area contributed by atoms with Gasteiger partial charge in [0.25, 0.3) is 0 Å². The maximum Gasteiger partial charge on any atom is 0.244 e. The molecule has 0 spiro atoms. The number of aromatic nitrogens is 2. The number of sulfonamides is 1. The average molecular weight is 398 g/mol. The van der Waals surface area contributed by atoms with Gasteiger partial charge in [0.2, 0.25) is 10.0 Å². The fourth-order valence-corrected chi connectivity index (χ4v) is 5.34. The Morgan fingerprint density at radius 1 is 1.18 bits per heavy atom. The number of fused-ring (bicyclic) bond motifs is 1. The number of hydrogen-bond acceptors (Lipinski definition) is 5. The van der Waals surface area contributed by atoms with E-state index in [2.05, 4.69) is 9.97 Å². The van der Waals surface area contributed by atoms with Crippen LogP contribution in [0.2, 0.25) is 0 Å². The lowest BCUT2D eigenvalue weighted by molar-refractivity contribution is 0.0306. The molecule has 2 saturated heterocycles. The highest BCUT2D eigenvalue weighted by atomic mass is 32.2. The van der Waals surface area contributed by atoms with E-state index in [9.17, 15) is 13.5 Å². The molecule has 8 heteroatoms. The second-order valence-corrected chi connectivity index (χ2v) is 9.86. The third-order valence-corrected chi connectivity index (χ3v) is 7.34. The van der Waals surface area contributed by atoms with Crippen molar-refractivity contribution in [2.24, 2.45) is 0 Å². The molecule has 146 valence electrons. The van der Waals surface area contributed by atoms with Crippen molar-refractivity contribution in [3.63, 3.8) is 0 Å². The number of H-pyrrole nitrogens is 1. The van der Waals surface area contributed by atoms with Crippen LogP contribution in [0.15, 0.2) is 47.5 Å². The van der Waals surface area contributed by atoms with E-state index in [0.29, 0.717) is 32.0 Å². The van der Waals surface area contributed by atoms with Crippen LogP contribution in [0.1, 0.15) is 13.3 Å². The summed E-state index contributed by atoms with van der Waals surface area (Å²) in [6, 6.07) is 11.6. The number of anilines is 1. The molecule has 2 aromatic heterocycles. The van der Waals surface area contributed by atoms with Gasteiger partial charge >= 0.3 is 0 Å². The summed E-state index contributed by atoms with van der Waals surface area (Å²) < 4.78 is 27.2. The van der Waals surface area contributed by atoms with E-state index in [0.717, 1.165) is 28.6 Å². The van der Waals surface area contributed by atoms with Gasteiger partial charge in [-0.25, -0.2) is 13.4 Å². The molecule has 2 fully saturated rings. The lowest BCUT2D eigenvalue weighted by Gasteiger charge is -2.45. The van der Waals surface area contributed by atoms with Crippen LogP contribution < -0.4 is 4.90 Å². The molecule has 2 aliphatic heterocycles. The van der Waals surface area contributed by atoms with E-state index in [1.165, 1.54) is 10.5 Å². The summed E-state index contributed by atoms with van der Waals surface area (Å²) in [6.07, 6.45) is 2.32. The summed E-state index contributed by atoms with van der Waals surface area (Å²) in [6.45, 7) is 3.83. The summed E-state index contributed by atoms with van der Waals surface area (Å²) in [4.78, 5) is 10.1. The summed E-state index contributed by atoms with van der Waals surface area (Å²) in [5, 5.41) is 11.2. The average Bonchev–Trinajstić information content (AvgIpc) is 3.01. The molecule has 0 bridgehead atoms. The van der Waals surface area contributed by atoms with E-state index < -0.39 is 15.6 Å². The van der Waals surface area contributed by atoms with Crippen molar-refractivity contribution in [3.8, 4) is 11.3 Å². The maximum absolute atomic E-state index is 12.9. The fourth-order valence-electron chi connectivity index (χ4n) is 3.85. The molecule has 5 rings (SSSR count). The van der Waals surface area contributed by atoms with E-state index >= 15 is 0 Å². The number of benzene rings is 1. The van der Waals surface area contributed by atoms with Gasteiger partial charge in [0.1, 0.15) is 10.7 Å². The third-order valence-electron chi connectivity index (χ3n) is 5.48. The predicted molar refractivity (Wildman–Crippen MR) is 108 cm³/mol. The lowest BCUT2D eigenvalue weighted by atomic mass is 9.96. The van der Waals surface area contributed by atoms with Crippen molar-refractivity contribution in [2.45, 2.75) is 23.8 Å². The number of pyridine rings is 1. The first kappa shape index (κ1) is 17.7. The van der Waals surface area contributed by atoms with Crippen LogP contribution in [0.5, 0.6) is 0 Å². The molecule has 3 aromatic rings. The Kier molecular flexibility index (Phi) is 3.81. The van der Waals surface area contributed by atoms with Gasteiger partial charge in [0, 0.05) is 48.8 Å². The van der Waals surface area contributed by atoms with Gasteiger partial charge in [0.05, 0.1) is 11.3 Å². The molecule has 0 aliphatic carbocycles. The number of β-amino-alcohol motifs (C(OH)–C–C–N with tert-alkyl or cyclic N) is 1. The number of hydrogen-bond donors (Lipinski definition) is 2. The molecule has 0 amide bonds. The van der Waals surface area contributed by atoms with Crippen LogP contribution in [0, 0.1) is 0 Å². The fraction of sp³-hybridized carbons (Fsp3) is 0.350. The molecule has 0 unspecified atom stereocenters. The van der Waals surface area contributed by atoms with Crippen LogP contribution in [0.4, 0.5) is 5.82 Å². The molecule has 1 aromatic carbocycles. The monoisotopic (exact) mass is 398 g/mol. The van der Waals surface area contributed by atoms with Crippen LogP contribution >= 0.6 is 0 Å². The van der Waals surface area contributed by atoms with Crippen molar-refractivity contribution in [1.29, 1.82) is 0 Å². The van der Waals surface area contributed by atoms with Gasteiger partial charge in [0.15, 0.2) is 0 Å². The summed E-state index contributed by atoms with van der Waals surface area (Å²) in [5.74, 6) is 0.681. The first-order chi connectivity index (χ1) is 13.3. The normalized spacial score (nSPS) is 19.4. The third kappa shape index (κ3) is 2.80. The van der Waals surface area contributed by atoms with E-state index in [1.807, 2.05) is 35.2 Å². The predicted octanol–water partition coefficient (Wildman–Crippen LogP) is 2.20. The van der Waals surface area contributed by atoms with E-state index in [1.54, 1.807) is 13.0 Å². The first-order valence-corrected chi connectivity index (χ1v) is 10.8. The minimum atomic E-state index is -3.53. The maximum atomic E-state index is 12.9. The first-order valence-electron chi connectivity index (χ1n) is 9.39. The van der Waals surface area contributed by atoms with Gasteiger partial charge in [-0.15, -0.1) is 0 Å². The molecule has 28 heavy (non-hydrogen) atoms. The van der Waals surface area contributed by atoms with Gasteiger partial charge in [-0.3, -0.25) is 0 Å². The van der Waals surface area contributed by atoms with E-state index in [4.69, 9.17) is 0 Å². The number of nitrogens with one attached hydrogen (secondary N) is 1. The number of nitrogens with zero attached hydrogens (tertiary/aromatic N) is 3. The molecular weight excluding hydrogens is 376 g/mol. The largest absolute Gasteiger partial charge is 0.386 e. The molecule has 2 aliphatic rings. The number of aliphatic hydroxyl groups is 1. The van der Waals surface area contributed by atoms with Crippen molar-refractivity contribution in [3.05, 3.63) is 42.6 Å². The second-order valence-electron chi connectivity index (χ2n) is 7.92. The summed E-state index contributed by atoms with van der Waals surface area (Å²) in [7, 11) is -3.53. The van der Waals surface area contributed by atoms with Gasteiger partial charge in [-0.05, 0) is 31.5 Å². The Bertz CT molecular complexity index is 1120. The standard InChI is InChI=1S/C20H22N4O3S/c1-20(25)12-23(13-20)19-16(18-9-14-5-2-3-6-17(14)22-18)10-15(11-21-19)28(26,27)24-7-4-8-24/h2-3,5-6,9-11,22,25H,4,7-8,12-13H2,1H3. The van der Waals surface area contributed by atoms with Crippen molar-refractivity contribution < 1.29 is 13.5 Å². The Hall–Kier alpha value is -2.42. The smallest absolute Gasteiger partial charge is 0.244 e. The van der Waals surface area contributed by atoms with Crippen LogP contribution in [0.25, 0.3) is 22.2 Å². The quantitative estimate of drug-likeness (QED) is 0.703. The molecular formula is C20H22N4O3S. The van der Waals surface area contributed by atoms with Crippen molar-refractivity contribution in [2.75, 3.05) is 31.1 Å². The zero-order chi connectivity index (χ0) is 19.5. The SMILES string of the molecule is CC1(O)CN(c2ncc(S(=O)(=O)N3CCC3)cc2-c2cc3ccccc3[nH]2)C1. The second kappa shape index (κ2) is 6.04. The zero-order valence-corrected chi connectivity index (χ0v) is 16.4. The molecule has 0 atom stereocenters. The highest BCUT2D eigenvalue weighted by Crippen LogP contribution is 2.37. The Balaban J connectivity index is 1.63. The molecule has 0 saturated carbocycles. The minimum absolute atomic E-state index is 0.205. The summed E-state index contributed by atoms with van der Waals surface area (Å²) >= 11 is 0. The lowest BCUT2D eigenvalue weighted by Crippen LogP contribution is -2.60. The molecule has 7 nitrogen and oxygen atoms in total.